The molecule has 0 spiro atoms. The molecule has 2 aromatic rings. The topological polar surface area (TPSA) is 80.5 Å². The van der Waals surface area contributed by atoms with Crippen LogP contribution in [-0.4, -0.2) is 20.9 Å². The molecule has 0 aliphatic carbocycles. The summed E-state index contributed by atoms with van der Waals surface area (Å²) in [7, 11) is -3.98. The number of carbonyl (C=O) groups excluding carboxylic acids is 1. The number of amides is 1. The van der Waals surface area contributed by atoms with Crippen molar-refractivity contribution < 1.29 is 13.2 Å². The van der Waals surface area contributed by atoms with Crippen molar-refractivity contribution in [2.75, 3.05) is 10.8 Å². The highest BCUT2D eigenvalue weighted by Gasteiger charge is 2.27. The first kappa shape index (κ1) is 17.6. The van der Waals surface area contributed by atoms with Crippen LogP contribution < -0.4 is 10.0 Å². The van der Waals surface area contributed by atoms with Crippen LogP contribution in [0.4, 0.5) is 5.69 Å². The molecule has 0 saturated carbocycles. The van der Waals surface area contributed by atoms with Gasteiger partial charge >= 0.3 is 0 Å². The number of benzene rings is 2. The highest BCUT2D eigenvalue weighted by Crippen LogP contribution is 2.29. The lowest BCUT2D eigenvalue weighted by atomic mass is 10.2. The lowest BCUT2D eigenvalue weighted by molar-refractivity contribution is -0.116. The van der Waals surface area contributed by atoms with E-state index in [4.69, 9.17) is 28.9 Å². The van der Waals surface area contributed by atoms with Crippen LogP contribution in [0.1, 0.15) is 5.56 Å². The van der Waals surface area contributed by atoms with E-state index in [-0.39, 0.29) is 20.6 Å². The molecule has 0 aliphatic heterocycles. The van der Waals surface area contributed by atoms with Crippen LogP contribution in [0, 0.1) is 6.92 Å². The quantitative estimate of drug-likeness (QED) is 0.875. The number of nitrogens with zero attached hydrogens (tertiary/aromatic N) is 1. The molecule has 1 amide bonds. The molecule has 5 nitrogen and oxygen atoms in total. The van der Waals surface area contributed by atoms with Gasteiger partial charge in [0.2, 0.25) is 5.91 Å². The molecule has 0 aromatic heterocycles. The minimum absolute atomic E-state index is 0.0421. The summed E-state index contributed by atoms with van der Waals surface area (Å²) in [5.41, 5.74) is 6.28. The zero-order chi connectivity index (χ0) is 17.2. The molecule has 0 aliphatic rings. The Labute approximate surface area is 144 Å². The molecule has 0 fully saturated rings. The molecule has 0 radical (unpaired) electrons. The summed E-state index contributed by atoms with van der Waals surface area (Å²) >= 11 is 11.9. The van der Waals surface area contributed by atoms with E-state index in [9.17, 15) is 13.2 Å². The van der Waals surface area contributed by atoms with Gasteiger partial charge in [-0.15, -0.1) is 0 Å². The minimum atomic E-state index is -3.98. The number of aryl methyl sites for hydroxylation is 1. The predicted octanol–water partition coefficient (Wildman–Crippen LogP) is 2.98. The molecular formula is C15H14Cl2N2O3S. The van der Waals surface area contributed by atoms with Crippen molar-refractivity contribution in [1.82, 2.24) is 0 Å². The van der Waals surface area contributed by atoms with Crippen molar-refractivity contribution in [3.05, 3.63) is 58.1 Å². The second kappa shape index (κ2) is 6.78. The van der Waals surface area contributed by atoms with Crippen molar-refractivity contribution in [1.29, 1.82) is 0 Å². The standard InChI is InChI=1S/C15H14Cl2N2O3S/c1-10-2-4-14(5-3-10)23(21,22)19(9-15(18)20)13-7-11(16)6-12(17)8-13/h2-8H,9H2,1H3,(H2,18,20). The number of hydrogen-bond acceptors (Lipinski definition) is 3. The SMILES string of the molecule is Cc1ccc(S(=O)(=O)N(CC(N)=O)c2cc(Cl)cc(Cl)c2)cc1. The largest absolute Gasteiger partial charge is 0.368 e. The van der Waals surface area contributed by atoms with Crippen molar-refractivity contribution in [3.8, 4) is 0 Å². The van der Waals surface area contributed by atoms with Crippen molar-refractivity contribution in [2.24, 2.45) is 5.73 Å². The van der Waals surface area contributed by atoms with Gasteiger partial charge < -0.3 is 5.73 Å². The molecule has 0 saturated heterocycles. The van der Waals surface area contributed by atoms with Crippen LogP contribution in [0.15, 0.2) is 47.4 Å². The maximum atomic E-state index is 12.8. The summed E-state index contributed by atoms with van der Waals surface area (Å²) in [4.78, 5) is 11.4. The number of halogens is 2. The highest BCUT2D eigenvalue weighted by molar-refractivity contribution is 7.92. The number of primary amides is 1. The highest BCUT2D eigenvalue weighted by atomic mass is 35.5. The molecule has 2 rings (SSSR count). The first-order valence-corrected chi connectivity index (χ1v) is 8.73. The van der Waals surface area contributed by atoms with Gasteiger partial charge in [0.05, 0.1) is 10.6 Å². The molecule has 8 heteroatoms. The summed E-state index contributed by atoms with van der Waals surface area (Å²) in [6.07, 6.45) is 0. The van der Waals surface area contributed by atoms with Crippen molar-refractivity contribution in [2.45, 2.75) is 11.8 Å². The molecule has 0 heterocycles. The number of carbonyl (C=O) groups is 1. The Morgan fingerprint density at radius 3 is 2.09 bits per heavy atom. The molecule has 0 unspecified atom stereocenters. The van der Waals surface area contributed by atoms with Gasteiger partial charge in [-0.3, -0.25) is 9.10 Å². The third-order valence-corrected chi connectivity index (χ3v) is 5.27. The number of anilines is 1. The van der Waals surface area contributed by atoms with E-state index in [0.29, 0.717) is 0 Å². The van der Waals surface area contributed by atoms with E-state index < -0.39 is 22.5 Å². The van der Waals surface area contributed by atoms with Crippen LogP contribution in [0.3, 0.4) is 0 Å². The molecule has 2 aromatic carbocycles. The van der Waals surface area contributed by atoms with Gasteiger partial charge in [0.15, 0.2) is 0 Å². The van der Waals surface area contributed by atoms with E-state index in [1.54, 1.807) is 12.1 Å². The average Bonchev–Trinajstić information content (AvgIpc) is 2.43. The molecule has 23 heavy (non-hydrogen) atoms. The average molecular weight is 373 g/mol. The normalized spacial score (nSPS) is 11.3. The van der Waals surface area contributed by atoms with Crippen molar-refractivity contribution >= 4 is 44.8 Å². The van der Waals surface area contributed by atoms with E-state index >= 15 is 0 Å². The third-order valence-electron chi connectivity index (χ3n) is 3.04. The number of nitrogens with two attached hydrogens (primary N) is 1. The van der Waals surface area contributed by atoms with Gasteiger partial charge in [0.25, 0.3) is 10.0 Å². The Balaban J connectivity index is 2.57. The second-order valence-corrected chi connectivity index (χ2v) is 7.65. The van der Waals surface area contributed by atoms with E-state index in [1.807, 2.05) is 6.92 Å². The summed E-state index contributed by atoms with van der Waals surface area (Å²) in [6, 6.07) is 10.5. The molecule has 0 atom stereocenters. The number of rotatable bonds is 5. The smallest absolute Gasteiger partial charge is 0.264 e. The van der Waals surface area contributed by atoms with Crippen LogP contribution in [0.25, 0.3) is 0 Å². The Bertz CT molecular complexity index is 816. The van der Waals surface area contributed by atoms with Crippen LogP contribution in [0.2, 0.25) is 10.0 Å². The van der Waals surface area contributed by atoms with E-state index in [0.717, 1.165) is 9.87 Å². The van der Waals surface area contributed by atoms with Gasteiger partial charge in [0.1, 0.15) is 6.54 Å². The van der Waals surface area contributed by atoms with E-state index in [2.05, 4.69) is 0 Å². The Morgan fingerprint density at radius 1 is 1.09 bits per heavy atom. The first-order chi connectivity index (χ1) is 10.7. The summed E-state index contributed by atoms with van der Waals surface area (Å²) in [6.45, 7) is 1.32. The van der Waals surface area contributed by atoms with Crippen LogP contribution in [0.5, 0.6) is 0 Å². The maximum Gasteiger partial charge on any atom is 0.264 e. The molecule has 0 bridgehead atoms. The Morgan fingerprint density at radius 2 is 1.61 bits per heavy atom. The van der Waals surface area contributed by atoms with Crippen LogP contribution in [-0.2, 0) is 14.8 Å². The predicted molar refractivity (Wildman–Crippen MR) is 91.4 cm³/mol. The van der Waals surface area contributed by atoms with Gasteiger partial charge in [-0.25, -0.2) is 8.42 Å². The fraction of sp³-hybridized carbons (Fsp3) is 0.133. The van der Waals surface area contributed by atoms with Gasteiger partial charge in [-0.1, -0.05) is 40.9 Å². The second-order valence-electron chi connectivity index (χ2n) is 4.92. The minimum Gasteiger partial charge on any atom is -0.368 e. The van der Waals surface area contributed by atoms with Gasteiger partial charge in [0, 0.05) is 10.0 Å². The third kappa shape index (κ3) is 4.16. The molecular weight excluding hydrogens is 359 g/mol. The van der Waals surface area contributed by atoms with E-state index in [1.165, 1.54) is 30.3 Å². The molecule has 122 valence electrons. The fourth-order valence-electron chi connectivity index (χ4n) is 1.98. The summed E-state index contributed by atoms with van der Waals surface area (Å²) in [5, 5.41) is 0.502. The Hall–Kier alpha value is -1.76. The molecule has 2 N–H and O–H groups in total. The zero-order valence-corrected chi connectivity index (χ0v) is 14.5. The van der Waals surface area contributed by atoms with Gasteiger partial charge in [-0.2, -0.15) is 0 Å². The summed E-state index contributed by atoms with van der Waals surface area (Å²) in [5.74, 6) is -0.795. The maximum absolute atomic E-state index is 12.8. The van der Waals surface area contributed by atoms with Gasteiger partial charge in [-0.05, 0) is 37.3 Å². The summed E-state index contributed by atoms with van der Waals surface area (Å²) < 4.78 is 26.6. The Kier molecular flexibility index (Phi) is 5.19. The van der Waals surface area contributed by atoms with Crippen molar-refractivity contribution in [3.63, 3.8) is 0 Å². The first-order valence-electron chi connectivity index (χ1n) is 6.54. The van der Waals surface area contributed by atoms with Crippen LogP contribution >= 0.6 is 23.2 Å². The lowest BCUT2D eigenvalue weighted by Gasteiger charge is -2.23. The zero-order valence-electron chi connectivity index (χ0n) is 12.2. The number of sulfonamides is 1. The monoisotopic (exact) mass is 372 g/mol. The fourth-order valence-corrected chi connectivity index (χ4v) is 3.91. The number of hydrogen-bond donors (Lipinski definition) is 1. The lowest BCUT2D eigenvalue weighted by Crippen LogP contribution is -2.38.